The molecule has 0 heterocycles. The summed E-state index contributed by atoms with van der Waals surface area (Å²) in [6.45, 7) is 7.43. The van der Waals surface area contributed by atoms with E-state index in [4.69, 9.17) is 20.3 Å². The largest absolute Gasteiger partial charge is 0.394 e. The van der Waals surface area contributed by atoms with Crippen molar-refractivity contribution >= 4 is 0 Å². The second-order valence-corrected chi connectivity index (χ2v) is 2.79. The molecule has 0 aromatic rings. The van der Waals surface area contributed by atoms with Gasteiger partial charge in [-0.2, -0.15) is 0 Å². The molecule has 0 fully saturated rings. The fourth-order valence-corrected chi connectivity index (χ4v) is 0.798. The van der Waals surface area contributed by atoms with E-state index in [2.05, 4.69) is 6.58 Å². The third kappa shape index (κ3) is 6.72. The van der Waals surface area contributed by atoms with Crippen molar-refractivity contribution < 1.29 is 14.6 Å². The Kier molecular flexibility index (Phi) is 7.93. The summed E-state index contributed by atoms with van der Waals surface area (Å²) in [7, 11) is 0. The third-order valence-electron chi connectivity index (χ3n) is 1.49. The quantitative estimate of drug-likeness (QED) is 0.414. The van der Waals surface area contributed by atoms with Gasteiger partial charge in [0, 0.05) is 6.54 Å². The summed E-state index contributed by atoms with van der Waals surface area (Å²) in [6, 6.07) is 0. The van der Waals surface area contributed by atoms with Crippen LogP contribution < -0.4 is 5.73 Å². The summed E-state index contributed by atoms with van der Waals surface area (Å²) in [4.78, 5) is 0. The molecule has 0 aromatic heterocycles. The average molecular weight is 189 g/mol. The highest BCUT2D eigenvalue weighted by atomic mass is 16.5. The molecule has 0 rings (SSSR count). The van der Waals surface area contributed by atoms with Crippen molar-refractivity contribution in [1.29, 1.82) is 0 Å². The van der Waals surface area contributed by atoms with E-state index in [0.717, 1.165) is 5.57 Å². The summed E-state index contributed by atoms with van der Waals surface area (Å²) in [6.07, 6.45) is -0.116. The van der Waals surface area contributed by atoms with Crippen LogP contribution in [-0.4, -0.2) is 44.2 Å². The highest BCUT2D eigenvalue weighted by Gasteiger charge is 2.08. The summed E-state index contributed by atoms with van der Waals surface area (Å²) in [5.74, 6) is 0. The maximum Gasteiger partial charge on any atom is 0.101 e. The van der Waals surface area contributed by atoms with Gasteiger partial charge in [-0.05, 0) is 12.5 Å². The van der Waals surface area contributed by atoms with Crippen molar-refractivity contribution in [3.05, 3.63) is 12.2 Å². The number of rotatable bonds is 8. The maximum atomic E-state index is 8.49. The third-order valence-corrected chi connectivity index (χ3v) is 1.49. The lowest BCUT2D eigenvalue weighted by atomic mass is 10.2. The predicted molar refractivity (Wildman–Crippen MR) is 51.5 cm³/mol. The maximum absolute atomic E-state index is 8.49. The Morgan fingerprint density at radius 1 is 1.54 bits per heavy atom. The molecule has 0 amide bonds. The first-order valence-corrected chi connectivity index (χ1v) is 4.38. The molecule has 3 N–H and O–H groups in total. The Morgan fingerprint density at radius 3 is 2.69 bits per heavy atom. The van der Waals surface area contributed by atoms with Crippen LogP contribution in [0.5, 0.6) is 0 Å². The van der Waals surface area contributed by atoms with Crippen molar-refractivity contribution in [3.8, 4) is 0 Å². The number of aliphatic hydroxyl groups excluding tert-OH is 1. The van der Waals surface area contributed by atoms with Gasteiger partial charge in [-0.25, -0.2) is 0 Å². The Hall–Kier alpha value is -0.420. The van der Waals surface area contributed by atoms with Gasteiger partial charge in [0.1, 0.15) is 6.10 Å². The van der Waals surface area contributed by atoms with Crippen molar-refractivity contribution in [3.63, 3.8) is 0 Å². The van der Waals surface area contributed by atoms with E-state index in [9.17, 15) is 0 Å². The normalized spacial score (nSPS) is 12.8. The van der Waals surface area contributed by atoms with Gasteiger partial charge < -0.3 is 20.3 Å². The minimum atomic E-state index is -0.116. The van der Waals surface area contributed by atoms with E-state index >= 15 is 0 Å². The van der Waals surface area contributed by atoms with Crippen LogP contribution in [0.2, 0.25) is 0 Å². The van der Waals surface area contributed by atoms with Crippen molar-refractivity contribution in [2.24, 2.45) is 5.73 Å². The number of ether oxygens (including phenoxy) is 2. The molecule has 0 bridgehead atoms. The van der Waals surface area contributed by atoms with Gasteiger partial charge in [-0.1, -0.05) is 6.58 Å². The van der Waals surface area contributed by atoms with Crippen molar-refractivity contribution in [1.82, 2.24) is 0 Å². The summed E-state index contributed by atoms with van der Waals surface area (Å²) in [5, 5.41) is 8.49. The van der Waals surface area contributed by atoms with E-state index in [0.29, 0.717) is 26.4 Å². The fraction of sp³-hybridized carbons (Fsp3) is 0.778. The van der Waals surface area contributed by atoms with Crippen molar-refractivity contribution in [2.75, 3.05) is 33.0 Å². The second-order valence-electron chi connectivity index (χ2n) is 2.79. The van der Waals surface area contributed by atoms with Crippen molar-refractivity contribution in [2.45, 2.75) is 13.0 Å². The Balaban J connectivity index is 3.61. The lowest BCUT2D eigenvalue weighted by molar-refractivity contribution is -0.00349. The molecule has 0 aromatic carbocycles. The number of hydrogen-bond acceptors (Lipinski definition) is 4. The monoisotopic (exact) mass is 189 g/mol. The number of nitrogens with two attached hydrogens (primary N) is 1. The van der Waals surface area contributed by atoms with Gasteiger partial charge in [-0.3, -0.25) is 0 Å². The fourth-order valence-electron chi connectivity index (χ4n) is 0.798. The van der Waals surface area contributed by atoms with E-state index in [1.807, 2.05) is 6.92 Å². The lowest BCUT2D eigenvalue weighted by Gasteiger charge is -2.17. The van der Waals surface area contributed by atoms with Crippen LogP contribution >= 0.6 is 0 Å². The van der Waals surface area contributed by atoms with Gasteiger partial charge in [0.2, 0.25) is 0 Å². The second kappa shape index (κ2) is 8.19. The zero-order valence-corrected chi connectivity index (χ0v) is 8.16. The van der Waals surface area contributed by atoms with Gasteiger partial charge in [0.15, 0.2) is 0 Å². The molecule has 1 atom stereocenters. The Bertz CT molecular complexity index is 139. The predicted octanol–water partition coefficient (Wildman–Crippen LogP) is -0.0847. The van der Waals surface area contributed by atoms with Crippen LogP contribution in [-0.2, 0) is 9.47 Å². The summed E-state index contributed by atoms with van der Waals surface area (Å²) < 4.78 is 10.5. The lowest BCUT2D eigenvalue weighted by Crippen LogP contribution is -2.24. The topological polar surface area (TPSA) is 64.7 Å². The first-order chi connectivity index (χ1) is 6.22. The molecule has 0 spiro atoms. The van der Waals surface area contributed by atoms with E-state index in [1.165, 1.54) is 0 Å². The zero-order chi connectivity index (χ0) is 10.1. The van der Waals surface area contributed by atoms with Crippen LogP contribution in [0.25, 0.3) is 0 Å². The molecule has 0 saturated heterocycles. The SMILES string of the molecule is C=C(C)C(COCCO)OCCN. The highest BCUT2D eigenvalue weighted by Crippen LogP contribution is 2.03. The van der Waals surface area contributed by atoms with Crippen LogP contribution in [0.1, 0.15) is 6.92 Å². The summed E-state index contributed by atoms with van der Waals surface area (Å²) >= 11 is 0. The highest BCUT2D eigenvalue weighted by molar-refractivity contribution is 4.97. The molecule has 0 aliphatic rings. The molecule has 13 heavy (non-hydrogen) atoms. The first-order valence-electron chi connectivity index (χ1n) is 4.38. The standard InChI is InChI=1S/C9H19NO3/c1-8(2)9(13-5-3-10)7-12-6-4-11/h9,11H,1,3-7,10H2,2H3. The van der Waals surface area contributed by atoms with Gasteiger partial charge >= 0.3 is 0 Å². The minimum absolute atomic E-state index is 0.0276. The molecule has 1 unspecified atom stereocenters. The summed E-state index contributed by atoms with van der Waals surface area (Å²) in [5.41, 5.74) is 6.21. The van der Waals surface area contributed by atoms with E-state index in [-0.39, 0.29) is 12.7 Å². The van der Waals surface area contributed by atoms with Gasteiger partial charge in [0.05, 0.1) is 26.4 Å². The molecule has 4 heteroatoms. The van der Waals surface area contributed by atoms with Crippen LogP contribution in [0.3, 0.4) is 0 Å². The molecule has 78 valence electrons. The van der Waals surface area contributed by atoms with Gasteiger partial charge in [-0.15, -0.1) is 0 Å². The zero-order valence-electron chi connectivity index (χ0n) is 8.16. The smallest absolute Gasteiger partial charge is 0.101 e. The number of hydrogen-bond donors (Lipinski definition) is 2. The molecular weight excluding hydrogens is 170 g/mol. The molecule has 4 nitrogen and oxygen atoms in total. The van der Waals surface area contributed by atoms with Crippen LogP contribution in [0.15, 0.2) is 12.2 Å². The Morgan fingerprint density at radius 2 is 2.23 bits per heavy atom. The first kappa shape index (κ1) is 12.6. The molecule has 0 aliphatic carbocycles. The molecule has 0 radical (unpaired) electrons. The molecule has 0 aliphatic heterocycles. The minimum Gasteiger partial charge on any atom is -0.394 e. The van der Waals surface area contributed by atoms with Gasteiger partial charge in [0.25, 0.3) is 0 Å². The number of aliphatic hydroxyl groups is 1. The average Bonchev–Trinajstić information content (AvgIpc) is 2.10. The molecule has 0 saturated carbocycles. The van der Waals surface area contributed by atoms with Crippen LogP contribution in [0.4, 0.5) is 0 Å². The Labute approximate surface area is 79.3 Å². The molecular formula is C9H19NO3. The van der Waals surface area contributed by atoms with Crippen LogP contribution in [0, 0.1) is 0 Å². The van der Waals surface area contributed by atoms with E-state index in [1.54, 1.807) is 0 Å². The van der Waals surface area contributed by atoms with E-state index < -0.39 is 0 Å².